The van der Waals surface area contributed by atoms with Crippen LogP contribution in [0.3, 0.4) is 0 Å². The van der Waals surface area contributed by atoms with E-state index >= 15 is 0 Å². The highest BCUT2D eigenvalue weighted by Gasteiger charge is 2.23. The van der Waals surface area contributed by atoms with Gasteiger partial charge in [-0.25, -0.2) is 13.4 Å². The van der Waals surface area contributed by atoms with Crippen molar-refractivity contribution >= 4 is 10.0 Å². The first kappa shape index (κ1) is 14.2. The lowest BCUT2D eigenvalue weighted by atomic mass is 10.1. The Morgan fingerprint density at radius 3 is 2.59 bits per heavy atom. The zero-order chi connectivity index (χ0) is 13.1. The number of aromatic nitrogens is 2. The summed E-state index contributed by atoms with van der Waals surface area (Å²) < 4.78 is 25.7. The van der Waals surface area contributed by atoms with Crippen LogP contribution in [0.15, 0.2) is 11.2 Å². The largest absolute Gasteiger partial charge is 0.332 e. The monoisotopic (exact) mass is 259 g/mol. The molecule has 1 unspecified atom stereocenters. The topological polar surface area (TPSA) is 66.1 Å². The fourth-order valence-corrected chi connectivity index (χ4v) is 2.71. The molecule has 1 aromatic rings. The van der Waals surface area contributed by atoms with Gasteiger partial charge < -0.3 is 4.98 Å². The summed E-state index contributed by atoms with van der Waals surface area (Å²) in [5.74, 6) is 1.05. The molecular weight excluding hydrogens is 238 g/mol. The van der Waals surface area contributed by atoms with Gasteiger partial charge in [-0.15, -0.1) is 0 Å². The number of aromatic amines is 1. The fraction of sp³-hybridized carbons (Fsp3) is 0.727. The molecule has 0 spiro atoms. The van der Waals surface area contributed by atoms with Crippen molar-refractivity contribution in [3.8, 4) is 0 Å². The van der Waals surface area contributed by atoms with Gasteiger partial charge in [0.1, 0.15) is 5.82 Å². The molecule has 98 valence electrons. The summed E-state index contributed by atoms with van der Waals surface area (Å²) >= 11 is 0. The minimum Gasteiger partial charge on any atom is -0.332 e. The van der Waals surface area contributed by atoms with Gasteiger partial charge in [-0.3, -0.25) is 0 Å². The van der Waals surface area contributed by atoms with Crippen molar-refractivity contribution in [1.82, 2.24) is 14.3 Å². The number of hydrogen-bond acceptors (Lipinski definition) is 3. The van der Waals surface area contributed by atoms with E-state index in [-0.39, 0.29) is 5.03 Å². The number of H-pyrrole nitrogens is 1. The quantitative estimate of drug-likeness (QED) is 0.844. The molecule has 6 heteroatoms. The highest BCUT2D eigenvalue weighted by molar-refractivity contribution is 7.89. The minimum absolute atomic E-state index is 0.181. The van der Waals surface area contributed by atoms with Crippen molar-refractivity contribution in [3.05, 3.63) is 12.0 Å². The zero-order valence-electron chi connectivity index (χ0n) is 10.9. The van der Waals surface area contributed by atoms with Crippen molar-refractivity contribution in [2.75, 3.05) is 13.6 Å². The first-order valence-electron chi connectivity index (χ1n) is 5.92. The van der Waals surface area contributed by atoms with Crippen LogP contribution in [0.2, 0.25) is 0 Å². The van der Waals surface area contributed by atoms with Crippen molar-refractivity contribution in [3.63, 3.8) is 0 Å². The van der Waals surface area contributed by atoms with Crippen LogP contribution < -0.4 is 0 Å². The number of imidazole rings is 1. The molecule has 0 fully saturated rings. The van der Waals surface area contributed by atoms with Gasteiger partial charge in [-0.2, -0.15) is 4.31 Å². The average Bonchev–Trinajstić information content (AvgIpc) is 2.77. The molecule has 0 aliphatic carbocycles. The summed E-state index contributed by atoms with van der Waals surface area (Å²) in [7, 11) is -1.81. The van der Waals surface area contributed by atoms with E-state index in [1.54, 1.807) is 7.05 Å². The molecule has 1 aromatic heterocycles. The van der Waals surface area contributed by atoms with Gasteiger partial charge in [0, 0.05) is 20.0 Å². The molecule has 0 amide bonds. The number of nitrogens with one attached hydrogen (secondary N) is 1. The lowest BCUT2D eigenvalue weighted by molar-refractivity contribution is 0.392. The Kier molecular flexibility index (Phi) is 4.70. The maximum absolute atomic E-state index is 12.2. The summed E-state index contributed by atoms with van der Waals surface area (Å²) in [5.41, 5.74) is 0. The van der Waals surface area contributed by atoms with Gasteiger partial charge in [0.05, 0.1) is 6.20 Å². The molecule has 0 aliphatic heterocycles. The third kappa shape index (κ3) is 3.29. The van der Waals surface area contributed by atoms with E-state index in [2.05, 4.69) is 16.9 Å². The van der Waals surface area contributed by atoms with Crippen LogP contribution in [0.4, 0.5) is 0 Å². The Labute approximate surface area is 103 Å². The van der Waals surface area contributed by atoms with Crippen molar-refractivity contribution in [2.45, 2.75) is 38.6 Å². The average molecular weight is 259 g/mol. The van der Waals surface area contributed by atoms with Crippen molar-refractivity contribution in [2.24, 2.45) is 5.92 Å². The van der Waals surface area contributed by atoms with Gasteiger partial charge >= 0.3 is 0 Å². The Bertz CT molecular complexity index is 453. The molecule has 1 heterocycles. The number of hydrogen-bond donors (Lipinski definition) is 1. The van der Waals surface area contributed by atoms with Gasteiger partial charge in [0.25, 0.3) is 10.0 Å². The van der Waals surface area contributed by atoms with E-state index in [0.29, 0.717) is 24.7 Å². The highest BCUT2D eigenvalue weighted by Crippen LogP contribution is 2.14. The molecule has 0 aliphatic rings. The maximum atomic E-state index is 12.2. The molecule has 1 atom stereocenters. The molecule has 0 bridgehead atoms. The minimum atomic E-state index is -3.42. The number of nitrogens with zero attached hydrogens (tertiary/aromatic N) is 2. The van der Waals surface area contributed by atoms with Crippen LogP contribution in [0.1, 0.15) is 33.0 Å². The van der Waals surface area contributed by atoms with E-state index < -0.39 is 10.0 Å². The van der Waals surface area contributed by atoms with Gasteiger partial charge in [0.2, 0.25) is 0 Å². The lowest BCUT2D eigenvalue weighted by Crippen LogP contribution is -2.31. The second kappa shape index (κ2) is 5.64. The Morgan fingerprint density at radius 2 is 2.12 bits per heavy atom. The van der Waals surface area contributed by atoms with Crippen LogP contribution in [-0.2, 0) is 16.4 Å². The van der Waals surface area contributed by atoms with E-state index in [0.717, 1.165) is 6.42 Å². The highest BCUT2D eigenvalue weighted by atomic mass is 32.2. The Morgan fingerprint density at radius 1 is 1.47 bits per heavy atom. The van der Waals surface area contributed by atoms with Crippen molar-refractivity contribution in [1.29, 1.82) is 0 Å². The predicted octanol–water partition coefficient (Wildman–Crippen LogP) is 1.64. The summed E-state index contributed by atoms with van der Waals surface area (Å²) in [6.07, 6.45) is 3.05. The molecule has 0 saturated carbocycles. The smallest absolute Gasteiger partial charge is 0.259 e. The standard InChI is InChI=1S/C11H21N3O2S/c1-5-9(3)8-14(4)17(15,16)11-7-12-10(6-2)13-11/h7,9H,5-6,8H2,1-4H3,(H,12,13). The van der Waals surface area contributed by atoms with E-state index in [9.17, 15) is 8.42 Å². The normalized spacial score (nSPS) is 14.2. The molecule has 0 saturated heterocycles. The number of sulfonamides is 1. The third-order valence-corrected chi connectivity index (χ3v) is 4.63. The van der Waals surface area contributed by atoms with E-state index in [1.807, 2.05) is 13.8 Å². The maximum Gasteiger partial charge on any atom is 0.259 e. The van der Waals surface area contributed by atoms with E-state index in [4.69, 9.17) is 0 Å². The lowest BCUT2D eigenvalue weighted by Gasteiger charge is -2.19. The van der Waals surface area contributed by atoms with Crippen LogP contribution in [0.25, 0.3) is 0 Å². The second-order valence-corrected chi connectivity index (χ2v) is 6.36. The Hall–Kier alpha value is -0.880. The summed E-state index contributed by atoms with van der Waals surface area (Å²) in [4.78, 5) is 6.86. The fourth-order valence-electron chi connectivity index (χ4n) is 1.49. The molecule has 17 heavy (non-hydrogen) atoms. The SMILES string of the molecule is CCc1ncc(S(=O)(=O)N(C)CC(C)CC)[nH]1. The molecule has 1 N–H and O–H groups in total. The third-order valence-electron chi connectivity index (χ3n) is 2.89. The van der Waals surface area contributed by atoms with Crippen LogP contribution in [-0.4, -0.2) is 36.3 Å². The zero-order valence-corrected chi connectivity index (χ0v) is 11.7. The molecule has 0 aromatic carbocycles. The molecule has 5 nitrogen and oxygen atoms in total. The van der Waals surface area contributed by atoms with Crippen molar-refractivity contribution < 1.29 is 8.42 Å². The van der Waals surface area contributed by atoms with Gasteiger partial charge in [-0.05, 0) is 5.92 Å². The first-order chi connectivity index (χ1) is 7.91. The summed E-state index contributed by atoms with van der Waals surface area (Å²) in [6, 6.07) is 0. The first-order valence-corrected chi connectivity index (χ1v) is 7.36. The second-order valence-electron chi connectivity index (χ2n) is 4.35. The van der Waals surface area contributed by atoms with Gasteiger partial charge in [0.15, 0.2) is 5.03 Å². The molecule has 0 radical (unpaired) electrons. The Balaban J connectivity index is 2.87. The molecular formula is C11H21N3O2S. The number of rotatable bonds is 6. The summed E-state index contributed by atoms with van der Waals surface area (Å²) in [6.45, 7) is 6.55. The van der Waals surface area contributed by atoms with E-state index in [1.165, 1.54) is 10.5 Å². The van der Waals surface area contributed by atoms with Gasteiger partial charge in [-0.1, -0.05) is 27.2 Å². The number of aryl methyl sites for hydroxylation is 1. The van der Waals surface area contributed by atoms with Crippen LogP contribution in [0.5, 0.6) is 0 Å². The van der Waals surface area contributed by atoms with Crippen LogP contribution in [0, 0.1) is 5.92 Å². The predicted molar refractivity (Wildman–Crippen MR) is 67.2 cm³/mol. The summed E-state index contributed by atoms with van der Waals surface area (Å²) in [5, 5.41) is 0.181. The molecule has 1 rings (SSSR count). The van der Waals surface area contributed by atoms with Crippen LogP contribution >= 0.6 is 0 Å².